The van der Waals surface area contributed by atoms with Crippen LogP contribution in [-0.4, -0.2) is 24.2 Å². The molecule has 0 aliphatic heterocycles. The number of carbonyl (C=O) groups is 1. The Kier molecular flexibility index (Phi) is 5.69. The first kappa shape index (κ1) is 15.1. The second-order valence-electron chi connectivity index (χ2n) is 5.20. The Morgan fingerprint density at radius 1 is 1.22 bits per heavy atom. The van der Waals surface area contributed by atoms with E-state index in [4.69, 9.17) is 0 Å². The lowest BCUT2D eigenvalue weighted by atomic mass is 10.1. The summed E-state index contributed by atoms with van der Waals surface area (Å²) in [6.45, 7) is 6.96. The molecule has 0 atom stereocenters. The van der Waals surface area contributed by atoms with Gasteiger partial charge in [0.15, 0.2) is 0 Å². The fourth-order valence-corrected chi connectivity index (χ4v) is 1.86. The summed E-state index contributed by atoms with van der Waals surface area (Å²) < 4.78 is 0. The van der Waals surface area contributed by atoms with Gasteiger partial charge < -0.3 is 10.6 Å². The standard InChI is InChI=1S/C14H22N2OS/c1-14(2,3)15-10-9-13(17)16-11-5-7-12(18-4)8-6-11/h5-8,15H,9-10H2,1-4H3,(H,16,17). The van der Waals surface area contributed by atoms with Crippen molar-refractivity contribution in [2.24, 2.45) is 0 Å². The molecule has 0 radical (unpaired) electrons. The van der Waals surface area contributed by atoms with Crippen molar-refractivity contribution in [2.75, 3.05) is 18.1 Å². The predicted octanol–water partition coefficient (Wildman–Crippen LogP) is 3.13. The summed E-state index contributed by atoms with van der Waals surface area (Å²) in [5.74, 6) is 0.0450. The maximum absolute atomic E-state index is 11.7. The van der Waals surface area contributed by atoms with Crippen LogP contribution in [-0.2, 0) is 4.79 Å². The van der Waals surface area contributed by atoms with E-state index in [-0.39, 0.29) is 11.4 Å². The SMILES string of the molecule is CSc1ccc(NC(=O)CCNC(C)(C)C)cc1. The fraction of sp³-hybridized carbons (Fsp3) is 0.500. The minimum atomic E-state index is 0.0450. The van der Waals surface area contributed by atoms with Crippen LogP contribution in [0.2, 0.25) is 0 Å². The summed E-state index contributed by atoms with van der Waals surface area (Å²) >= 11 is 1.69. The van der Waals surface area contributed by atoms with Crippen LogP contribution in [0.4, 0.5) is 5.69 Å². The van der Waals surface area contributed by atoms with Gasteiger partial charge in [0.25, 0.3) is 0 Å². The van der Waals surface area contributed by atoms with Crippen molar-refractivity contribution in [3.8, 4) is 0 Å². The van der Waals surface area contributed by atoms with Crippen LogP contribution in [0.1, 0.15) is 27.2 Å². The third-order valence-electron chi connectivity index (χ3n) is 2.38. The van der Waals surface area contributed by atoms with Crippen molar-refractivity contribution < 1.29 is 4.79 Å². The molecular weight excluding hydrogens is 244 g/mol. The second-order valence-corrected chi connectivity index (χ2v) is 6.08. The summed E-state index contributed by atoms with van der Waals surface area (Å²) in [4.78, 5) is 12.9. The molecule has 1 amide bonds. The zero-order chi connectivity index (χ0) is 13.6. The van der Waals surface area contributed by atoms with Gasteiger partial charge in [-0.05, 0) is 51.3 Å². The van der Waals surface area contributed by atoms with Gasteiger partial charge in [-0.3, -0.25) is 4.79 Å². The molecule has 0 bridgehead atoms. The number of rotatable bonds is 5. The minimum Gasteiger partial charge on any atom is -0.326 e. The molecule has 0 unspecified atom stereocenters. The number of carbonyl (C=O) groups excluding carboxylic acids is 1. The highest BCUT2D eigenvalue weighted by molar-refractivity contribution is 7.98. The molecule has 100 valence electrons. The normalized spacial score (nSPS) is 11.3. The van der Waals surface area contributed by atoms with Crippen LogP contribution < -0.4 is 10.6 Å². The lowest BCUT2D eigenvalue weighted by Crippen LogP contribution is -2.37. The van der Waals surface area contributed by atoms with Gasteiger partial charge in [0.2, 0.25) is 5.91 Å². The van der Waals surface area contributed by atoms with Crippen molar-refractivity contribution in [1.29, 1.82) is 0 Å². The van der Waals surface area contributed by atoms with E-state index in [9.17, 15) is 4.79 Å². The van der Waals surface area contributed by atoms with Gasteiger partial charge in [0, 0.05) is 29.1 Å². The average molecular weight is 266 g/mol. The minimum absolute atomic E-state index is 0.0450. The van der Waals surface area contributed by atoms with Gasteiger partial charge in [0.1, 0.15) is 0 Å². The second kappa shape index (κ2) is 6.81. The Hall–Kier alpha value is -1.00. The van der Waals surface area contributed by atoms with Gasteiger partial charge in [-0.1, -0.05) is 0 Å². The van der Waals surface area contributed by atoms with Gasteiger partial charge in [-0.15, -0.1) is 11.8 Å². The van der Waals surface area contributed by atoms with Crippen molar-refractivity contribution in [3.63, 3.8) is 0 Å². The van der Waals surface area contributed by atoms with Gasteiger partial charge in [-0.2, -0.15) is 0 Å². The Labute approximate surface area is 114 Å². The Morgan fingerprint density at radius 2 is 1.83 bits per heavy atom. The van der Waals surface area contributed by atoms with E-state index in [1.807, 2.05) is 30.5 Å². The molecule has 3 nitrogen and oxygen atoms in total. The Morgan fingerprint density at radius 3 is 2.33 bits per heavy atom. The highest BCUT2D eigenvalue weighted by Gasteiger charge is 2.09. The third-order valence-corrected chi connectivity index (χ3v) is 3.12. The number of nitrogens with one attached hydrogen (secondary N) is 2. The summed E-state index contributed by atoms with van der Waals surface area (Å²) in [5, 5.41) is 6.18. The zero-order valence-corrected chi connectivity index (χ0v) is 12.4. The third kappa shape index (κ3) is 6.07. The zero-order valence-electron chi connectivity index (χ0n) is 11.5. The number of anilines is 1. The first-order valence-corrected chi connectivity index (χ1v) is 7.32. The van der Waals surface area contributed by atoms with Crippen molar-refractivity contribution >= 4 is 23.4 Å². The summed E-state index contributed by atoms with van der Waals surface area (Å²) in [6, 6.07) is 7.88. The van der Waals surface area contributed by atoms with Crippen molar-refractivity contribution in [3.05, 3.63) is 24.3 Å². The van der Waals surface area contributed by atoms with Crippen LogP contribution in [0.15, 0.2) is 29.2 Å². The van der Waals surface area contributed by atoms with Crippen LogP contribution in [0.25, 0.3) is 0 Å². The molecule has 1 aromatic rings. The van der Waals surface area contributed by atoms with E-state index in [2.05, 4.69) is 31.4 Å². The maximum Gasteiger partial charge on any atom is 0.225 e. The molecule has 0 aliphatic rings. The predicted molar refractivity (Wildman–Crippen MR) is 79.2 cm³/mol. The maximum atomic E-state index is 11.7. The first-order valence-electron chi connectivity index (χ1n) is 6.09. The number of thioether (sulfide) groups is 1. The van der Waals surface area contributed by atoms with E-state index >= 15 is 0 Å². The van der Waals surface area contributed by atoms with Gasteiger partial charge in [0.05, 0.1) is 0 Å². The molecule has 0 heterocycles. The Bertz CT molecular complexity index is 382. The van der Waals surface area contributed by atoms with Crippen LogP contribution in [0.3, 0.4) is 0 Å². The van der Waals surface area contributed by atoms with Crippen LogP contribution >= 0.6 is 11.8 Å². The highest BCUT2D eigenvalue weighted by Crippen LogP contribution is 2.17. The van der Waals surface area contributed by atoms with Crippen molar-refractivity contribution in [2.45, 2.75) is 37.6 Å². The molecule has 0 saturated carbocycles. The molecule has 0 aliphatic carbocycles. The quantitative estimate of drug-likeness (QED) is 0.805. The molecular formula is C14H22N2OS. The summed E-state index contributed by atoms with van der Waals surface area (Å²) in [5.41, 5.74) is 0.911. The monoisotopic (exact) mass is 266 g/mol. The fourth-order valence-electron chi connectivity index (χ4n) is 1.45. The molecule has 4 heteroatoms. The van der Waals surface area contributed by atoms with Gasteiger partial charge in [-0.25, -0.2) is 0 Å². The molecule has 1 rings (SSSR count). The molecule has 2 N–H and O–H groups in total. The number of hydrogen-bond donors (Lipinski definition) is 2. The van der Waals surface area contributed by atoms with E-state index in [0.717, 1.165) is 5.69 Å². The molecule has 1 aromatic carbocycles. The number of benzene rings is 1. The van der Waals surface area contributed by atoms with Crippen LogP contribution in [0, 0.1) is 0 Å². The highest BCUT2D eigenvalue weighted by atomic mass is 32.2. The lowest BCUT2D eigenvalue weighted by Gasteiger charge is -2.20. The van der Waals surface area contributed by atoms with Crippen molar-refractivity contribution in [1.82, 2.24) is 5.32 Å². The summed E-state index contributed by atoms with van der Waals surface area (Å²) in [6.07, 6.45) is 2.52. The molecule has 18 heavy (non-hydrogen) atoms. The smallest absolute Gasteiger partial charge is 0.225 e. The lowest BCUT2D eigenvalue weighted by molar-refractivity contribution is -0.116. The van der Waals surface area contributed by atoms with E-state index in [1.165, 1.54) is 4.90 Å². The van der Waals surface area contributed by atoms with Gasteiger partial charge >= 0.3 is 0 Å². The molecule has 0 spiro atoms. The first-order chi connectivity index (χ1) is 8.40. The topological polar surface area (TPSA) is 41.1 Å². The molecule has 0 saturated heterocycles. The average Bonchev–Trinajstić information content (AvgIpc) is 2.28. The molecule has 0 fully saturated rings. The Balaban J connectivity index is 2.35. The van der Waals surface area contributed by atoms with E-state index in [1.54, 1.807) is 11.8 Å². The molecule has 0 aromatic heterocycles. The summed E-state index contributed by atoms with van der Waals surface area (Å²) in [7, 11) is 0. The van der Waals surface area contributed by atoms with E-state index < -0.39 is 0 Å². The van der Waals surface area contributed by atoms with Crippen LogP contribution in [0.5, 0.6) is 0 Å². The largest absolute Gasteiger partial charge is 0.326 e. The number of hydrogen-bond acceptors (Lipinski definition) is 3. The van der Waals surface area contributed by atoms with E-state index in [0.29, 0.717) is 13.0 Å². The number of amides is 1.